The Morgan fingerprint density at radius 1 is 1.83 bits per heavy atom. The van der Waals surface area contributed by atoms with E-state index in [-0.39, 0.29) is 18.3 Å². The molecule has 4 nitrogen and oxygen atoms in total. The molecule has 0 bridgehead atoms. The Bertz CT molecular complexity index is 272. The van der Waals surface area contributed by atoms with Gasteiger partial charge in [-0.2, -0.15) is 12.6 Å². The molecule has 1 aromatic heterocycles. The van der Waals surface area contributed by atoms with Crippen LogP contribution in [0.3, 0.4) is 0 Å². The Kier molecular flexibility index (Phi) is 3.16. The predicted molar refractivity (Wildman–Crippen MR) is 46.9 cm³/mol. The summed E-state index contributed by atoms with van der Waals surface area (Å²) in [7, 11) is 1.86. The molecule has 66 valence electrons. The zero-order chi connectivity index (χ0) is 8.97. The van der Waals surface area contributed by atoms with E-state index in [9.17, 15) is 4.79 Å². The summed E-state index contributed by atoms with van der Waals surface area (Å²) >= 11 is 3.77. The molecule has 0 N–H and O–H groups in total. The fourth-order valence-electron chi connectivity index (χ4n) is 0.742. The van der Waals surface area contributed by atoms with Crippen molar-refractivity contribution in [3.05, 3.63) is 18.2 Å². The normalized spacial score (nSPS) is 9.83. The predicted octanol–water partition coefficient (Wildman–Crippen LogP) is 0.393. The van der Waals surface area contributed by atoms with E-state index in [0.29, 0.717) is 0 Å². The number of esters is 1. The average Bonchev–Trinajstić information content (AvgIpc) is 2.47. The van der Waals surface area contributed by atoms with Crippen molar-refractivity contribution in [2.75, 3.05) is 5.75 Å². The summed E-state index contributed by atoms with van der Waals surface area (Å²) in [6.45, 7) is 0.222. The number of carbonyl (C=O) groups is 1. The molecule has 1 rings (SSSR count). The van der Waals surface area contributed by atoms with E-state index in [4.69, 9.17) is 4.74 Å². The molecular formula is C7H10N2O2S. The Morgan fingerprint density at radius 3 is 3.08 bits per heavy atom. The van der Waals surface area contributed by atoms with Gasteiger partial charge in [-0.25, -0.2) is 4.98 Å². The Hall–Kier alpha value is -0.970. The van der Waals surface area contributed by atoms with Crippen LogP contribution >= 0.6 is 12.6 Å². The summed E-state index contributed by atoms with van der Waals surface area (Å²) in [6.07, 6.45) is 3.45. The lowest BCUT2D eigenvalue weighted by Crippen LogP contribution is -2.05. The van der Waals surface area contributed by atoms with Crippen LogP contribution in [-0.2, 0) is 23.2 Å². The third-order valence-electron chi connectivity index (χ3n) is 1.27. The van der Waals surface area contributed by atoms with Crippen LogP contribution in [0.2, 0.25) is 0 Å². The highest BCUT2D eigenvalue weighted by Gasteiger charge is 2.01. The standard InChI is InChI=1S/C7H10N2O2S/c1-9-2-6(8-5-9)3-11-7(10)4-12/h2,5,12H,3-4H2,1H3. The summed E-state index contributed by atoms with van der Waals surface area (Å²) in [5.41, 5.74) is 0.743. The third-order valence-corrected chi connectivity index (χ3v) is 1.53. The van der Waals surface area contributed by atoms with Crippen LogP contribution in [0.5, 0.6) is 0 Å². The lowest BCUT2D eigenvalue weighted by atomic mass is 10.5. The molecule has 1 heterocycles. The van der Waals surface area contributed by atoms with Gasteiger partial charge in [-0.1, -0.05) is 0 Å². The molecule has 0 aliphatic heterocycles. The second-order valence-corrected chi connectivity index (χ2v) is 2.67. The van der Waals surface area contributed by atoms with Gasteiger partial charge in [-0.3, -0.25) is 4.79 Å². The molecule has 0 aromatic carbocycles. The first kappa shape index (κ1) is 9.12. The maximum atomic E-state index is 10.7. The molecule has 0 amide bonds. The SMILES string of the molecule is Cn1cnc(COC(=O)CS)c1. The highest BCUT2D eigenvalue weighted by Crippen LogP contribution is 1.97. The quantitative estimate of drug-likeness (QED) is 0.548. The van der Waals surface area contributed by atoms with Crippen LogP contribution in [0.15, 0.2) is 12.5 Å². The minimum Gasteiger partial charge on any atom is -0.458 e. The molecule has 5 heteroatoms. The number of nitrogens with zero attached hydrogens (tertiary/aromatic N) is 2. The molecule has 1 aromatic rings. The molecule has 0 aliphatic rings. The minimum absolute atomic E-state index is 0.104. The summed E-state index contributed by atoms with van der Waals surface area (Å²) in [5.74, 6) is -0.226. The molecule has 0 radical (unpaired) electrons. The number of rotatable bonds is 3. The van der Waals surface area contributed by atoms with Crippen LogP contribution in [-0.4, -0.2) is 21.3 Å². The van der Waals surface area contributed by atoms with Crippen LogP contribution < -0.4 is 0 Å². The smallest absolute Gasteiger partial charge is 0.316 e. The van der Waals surface area contributed by atoms with E-state index in [1.165, 1.54) is 0 Å². The molecule has 0 atom stereocenters. The summed E-state index contributed by atoms with van der Waals surface area (Å²) in [6, 6.07) is 0. The molecule has 12 heavy (non-hydrogen) atoms. The number of carbonyl (C=O) groups excluding carboxylic acids is 1. The molecular weight excluding hydrogens is 176 g/mol. The lowest BCUT2D eigenvalue weighted by Gasteiger charge is -1.98. The van der Waals surface area contributed by atoms with E-state index in [1.807, 2.05) is 7.05 Å². The van der Waals surface area contributed by atoms with Crippen molar-refractivity contribution in [2.45, 2.75) is 6.61 Å². The lowest BCUT2D eigenvalue weighted by molar-refractivity contribution is -0.141. The van der Waals surface area contributed by atoms with Crippen molar-refractivity contribution in [1.29, 1.82) is 0 Å². The number of thiol groups is 1. The van der Waals surface area contributed by atoms with Gasteiger partial charge in [0.25, 0.3) is 0 Å². The van der Waals surface area contributed by atoms with Gasteiger partial charge in [0.2, 0.25) is 0 Å². The number of aryl methyl sites for hydroxylation is 1. The third kappa shape index (κ3) is 2.58. The summed E-state index contributed by atoms with van der Waals surface area (Å²) in [5, 5.41) is 0. The molecule has 0 aliphatic carbocycles. The van der Waals surface area contributed by atoms with E-state index in [0.717, 1.165) is 5.69 Å². The van der Waals surface area contributed by atoms with Gasteiger partial charge in [-0.05, 0) is 0 Å². The molecule has 0 fully saturated rings. The first-order valence-electron chi connectivity index (χ1n) is 3.45. The van der Waals surface area contributed by atoms with Crippen LogP contribution in [0.25, 0.3) is 0 Å². The van der Waals surface area contributed by atoms with Crippen molar-refractivity contribution < 1.29 is 9.53 Å². The Balaban J connectivity index is 2.38. The van der Waals surface area contributed by atoms with Gasteiger partial charge in [0.1, 0.15) is 6.61 Å². The maximum absolute atomic E-state index is 10.7. The number of ether oxygens (including phenoxy) is 1. The van der Waals surface area contributed by atoms with Gasteiger partial charge in [0.05, 0.1) is 17.8 Å². The second-order valence-electron chi connectivity index (χ2n) is 2.35. The van der Waals surface area contributed by atoms with Gasteiger partial charge >= 0.3 is 5.97 Å². The van der Waals surface area contributed by atoms with Crippen LogP contribution in [0.1, 0.15) is 5.69 Å². The van der Waals surface area contributed by atoms with Crippen molar-refractivity contribution in [1.82, 2.24) is 9.55 Å². The van der Waals surface area contributed by atoms with E-state index >= 15 is 0 Å². The Labute approximate surface area is 76.0 Å². The first-order valence-corrected chi connectivity index (χ1v) is 4.09. The largest absolute Gasteiger partial charge is 0.458 e. The molecule has 0 unspecified atom stereocenters. The monoisotopic (exact) mass is 186 g/mol. The zero-order valence-corrected chi connectivity index (χ0v) is 7.62. The highest BCUT2D eigenvalue weighted by atomic mass is 32.1. The minimum atomic E-state index is -0.330. The number of hydrogen-bond acceptors (Lipinski definition) is 4. The zero-order valence-electron chi connectivity index (χ0n) is 6.73. The van der Waals surface area contributed by atoms with Crippen molar-refractivity contribution in [3.63, 3.8) is 0 Å². The first-order chi connectivity index (χ1) is 5.72. The van der Waals surface area contributed by atoms with E-state index < -0.39 is 0 Å². The second kappa shape index (κ2) is 4.15. The summed E-state index contributed by atoms with van der Waals surface area (Å²) < 4.78 is 6.59. The molecule has 0 spiro atoms. The van der Waals surface area contributed by atoms with E-state index in [2.05, 4.69) is 17.6 Å². The van der Waals surface area contributed by atoms with Crippen LogP contribution in [0, 0.1) is 0 Å². The molecule has 0 saturated heterocycles. The van der Waals surface area contributed by atoms with Crippen molar-refractivity contribution in [3.8, 4) is 0 Å². The summed E-state index contributed by atoms with van der Waals surface area (Å²) in [4.78, 5) is 14.6. The van der Waals surface area contributed by atoms with Crippen molar-refractivity contribution >= 4 is 18.6 Å². The van der Waals surface area contributed by atoms with Gasteiger partial charge in [-0.15, -0.1) is 0 Å². The number of hydrogen-bond donors (Lipinski definition) is 1. The van der Waals surface area contributed by atoms with Gasteiger partial charge in [0, 0.05) is 13.2 Å². The van der Waals surface area contributed by atoms with Crippen molar-refractivity contribution in [2.24, 2.45) is 7.05 Å². The van der Waals surface area contributed by atoms with Gasteiger partial charge < -0.3 is 9.30 Å². The number of aromatic nitrogens is 2. The van der Waals surface area contributed by atoms with E-state index in [1.54, 1.807) is 17.1 Å². The van der Waals surface area contributed by atoms with Crippen LogP contribution in [0.4, 0.5) is 0 Å². The fraction of sp³-hybridized carbons (Fsp3) is 0.429. The van der Waals surface area contributed by atoms with Gasteiger partial charge in [0.15, 0.2) is 0 Å². The highest BCUT2D eigenvalue weighted by molar-refractivity contribution is 7.81. The average molecular weight is 186 g/mol. The fourth-order valence-corrected chi connectivity index (χ4v) is 0.833. The Morgan fingerprint density at radius 2 is 2.58 bits per heavy atom. The number of imidazole rings is 1. The topological polar surface area (TPSA) is 44.1 Å². The molecule has 0 saturated carbocycles. The maximum Gasteiger partial charge on any atom is 0.316 e.